The van der Waals surface area contributed by atoms with Gasteiger partial charge in [0.15, 0.2) is 5.69 Å². The Hall–Kier alpha value is -2.60. The van der Waals surface area contributed by atoms with Gasteiger partial charge in [0.05, 0.1) is 23.7 Å². The van der Waals surface area contributed by atoms with Crippen LogP contribution in [0.4, 0.5) is 0 Å². The number of carbonyl (C=O) groups excluding carboxylic acids is 1. The molecule has 3 rings (SSSR count). The first-order chi connectivity index (χ1) is 11.0. The maximum atomic E-state index is 12.6. The summed E-state index contributed by atoms with van der Waals surface area (Å²) >= 11 is 5.96. The third-order valence-electron chi connectivity index (χ3n) is 3.54. The van der Waals surface area contributed by atoms with E-state index in [9.17, 15) is 9.59 Å². The zero-order valence-corrected chi connectivity index (χ0v) is 13.4. The van der Waals surface area contributed by atoms with Crippen molar-refractivity contribution in [2.45, 2.75) is 6.54 Å². The van der Waals surface area contributed by atoms with Crippen LogP contribution in [0.1, 0.15) is 16.2 Å². The Morgan fingerprint density at radius 1 is 1.39 bits per heavy atom. The monoisotopic (exact) mass is 331 g/mol. The second kappa shape index (κ2) is 5.89. The van der Waals surface area contributed by atoms with Crippen LogP contribution in [0.3, 0.4) is 0 Å². The molecule has 2 heterocycles. The largest absolute Gasteiger partial charge is 0.467 e. The summed E-state index contributed by atoms with van der Waals surface area (Å²) < 4.78 is 6.72. The minimum absolute atomic E-state index is 0.142. The van der Waals surface area contributed by atoms with Gasteiger partial charge in [-0.25, -0.2) is 0 Å². The van der Waals surface area contributed by atoms with E-state index < -0.39 is 11.3 Å². The summed E-state index contributed by atoms with van der Waals surface area (Å²) in [5, 5.41) is 4.92. The average molecular weight is 332 g/mol. The van der Waals surface area contributed by atoms with Gasteiger partial charge in [0.1, 0.15) is 5.76 Å². The Bertz CT molecular complexity index is 932. The lowest BCUT2D eigenvalue weighted by Gasteiger charge is -2.16. The van der Waals surface area contributed by atoms with E-state index in [1.165, 1.54) is 15.8 Å². The van der Waals surface area contributed by atoms with Crippen molar-refractivity contribution in [1.82, 2.24) is 14.7 Å². The van der Waals surface area contributed by atoms with Gasteiger partial charge in [-0.3, -0.25) is 14.3 Å². The number of nitrogens with zero attached hydrogens (tertiary/aromatic N) is 3. The molecule has 0 radical (unpaired) electrons. The lowest BCUT2D eigenvalue weighted by Crippen LogP contribution is -2.33. The lowest BCUT2D eigenvalue weighted by molar-refractivity contribution is 0.0766. The summed E-state index contributed by atoms with van der Waals surface area (Å²) in [4.78, 5) is 26.5. The minimum atomic E-state index is -0.469. The molecular weight excluding hydrogens is 318 g/mol. The molecule has 0 fully saturated rings. The molecule has 6 nitrogen and oxygen atoms in total. The van der Waals surface area contributed by atoms with Crippen LogP contribution in [0, 0.1) is 0 Å². The molecule has 0 aliphatic heterocycles. The van der Waals surface area contributed by atoms with Gasteiger partial charge in [0.25, 0.3) is 5.91 Å². The van der Waals surface area contributed by atoms with E-state index in [-0.39, 0.29) is 12.2 Å². The molecule has 1 aromatic carbocycles. The smallest absolute Gasteiger partial charge is 0.278 e. The van der Waals surface area contributed by atoms with Crippen LogP contribution in [-0.4, -0.2) is 27.6 Å². The normalized spacial score (nSPS) is 10.9. The van der Waals surface area contributed by atoms with Gasteiger partial charge < -0.3 is 9.32 Å². The number of hydrogen-bond acceptors (Lipinski definition) is 4. The highest BCUT2D eigenvalue weighted by molar-refractivity contribution is 6.31. The van der Waals surface area contributed by atoms with Crippen molar-refractivity contribution in [2.24, 2.45) is 7.05 Å². The van der Waals surface area contributed by atoms with Gasteiger partial charge in [0.2, 0.25) is 5.43 Å². The first-order valence-corrected chi connectivity index (χ1v) is 7.29. The van der Waals surface area contributed by atoms with Crippen LogP contribution in [0.25, 0.3) is 10.9 Å². The van der Waals surface area contributed by atoms with E-state index in [2.05, 4.69) is 5.10 Å². The summed E-state index contributed by atoms with van der Waals surface area (Å²) in [7, 11) is 3.27. The number of hydrogen-bond donors (Lipinski definition) is 0. The van der Waals surface area contributed by atoms with Crippen LogP contribution < -0.4 is 5.43 Å². The second-order valence-corrected chi connectivity index (χ2v) is 5.64. The molecule has 1 amide bonds. The third kappa shape index (κ3) is 2.85. The Labute approximate surface area is 136 Å². The number of aromatic nitrogens is 2. The topological polar surface area (TPSA) is 68.3 Å². The van der Waals surface area contributed by atoms with Gasteiger partial charge in [-0.15, -0.1) is 0 Å². The van der Waals surface area contributed by atoms with E-state index in [1.54, 1.807) is 44.4 Å². The minimum Gasteiger partial charge on any atom is -0.467 e. The van der Waals surface area contributed by atoms with Crippen molar-refractivity contribution in [3.05, 3.63) is 63.3 Å². The SMILES string of the molecule is CN(Cc1ccco1)C(=O)c1nn(C)c2ccc(Cl)cc2c1=O. The molecule has 0 N–H and O–H groups in total. The maximum absolute atomic E-state index is 12.6. The van der Waals surface area contributed by atoms with Gasteiger partial charge in [-0.05, 0) is 30.3 Å². The Balaban J connectivity index is 2.03. The molecule has 23 heavy (non-hydrogen) atoms. The molecule has 0 atom stereocenters. The molecule has 0 aliphatic rings. The fraction of sp³-hybridized carbons (Fsp3) is 0.188. The highest BCUT2D eigenvalue weighted by atomic mass is 35.5. The number of aryl methyl sites for hydroxylation is 1. The number of benzene rings is 1. The zero-order chi connectivity index (χ0) is 16.6. The van der Waals surface area contributed by atoms with E-state index in [1.807, 2.05) is 0 Å². The molecule has 7 heteroatoms. The Morgan fingerprint density at radius 2 is 2.17 bits per heavy atom. The van der Waals surface area contributed by atoms with E-state index >= 15 is 0 Å². The molecule has 2 aromatic heterocycles. The van der Waals surface area contributed by atoms with Crippen LogP contribution in [0.5, 0.6) is 0 Å². The molecule has 118 valence electrons. The lowest BCUT2D eigenvalue weighted by atomic mass is 10.2. The highest BCUT2D eigenvalue weighted by Crippen LogP contribution is 2.16. The van der Waals surface area contributed by atoms with Crippen molar-refractivity contribution >= 4 is 28.4 Å². The molecule has 0 bridgehead atoms. The van der Waals surface area contributed by atoms with Gasteiger partial charge >= 0.3 is 0 Å². The van der Waals surface area contributed by atoms with Gasteiger partial charge in [-0.2, -0.15) is 5.10 Å². The van der Waals surface area contributed by atoms with Crippen molar-refractivity contribution in [2.75, 3.05) is 7.05 Å². The fourth-order valence-corrected chi connectivity index (χ4v) is 2.55. The van der Waals surface area contributed by atoms with E-state index in [4.69, 9.17) is 16.0 Å². The molecule has 0 unspecified atom stereocenters. The van der Waals surface area contributed by atoms with Crippen molar-refractivity contribution in [1.29, 1.82) is 0 Å². The quantitative estimate of drug-likeness (QED) is 0.739. The highest BCUT2D eigenvalue weighted by Gasteiger charge is 2.21. The summed E-state index contributed by atoms with van der Waals surface area (Å²) in [6.45, 7) is 0.254. The second-order valence-electron chi connectivity index (χ2n) is 5.20. The van der Waals surface area contributed by atoms with Gasteiger partial charge in [-0.1, -0.05) is 11.6 Å². The van der Waals surface area contributed by atoms with Crippen molar-refractivity contribution in [3.8, 4) is 0 Å². The van der Waals surface area contributed by atoms with Gasteiger partial charge in [0, 0.05) is 19.1 Å². The molecule has 0 aliphatic carbocycles. The summed E-state index contributed by atoms with van der Waals surface area (Å²) in [6.07, 6.45) is 1.53. The first-order valence-electron chi connectivity index (χ1n) is 6.92. The summed E-state index contributed by atoms with van der Waals surface area (Å²) in [6, 6.07) is 8.42. The number of amides is 1. The molecule has 0 spiro atoms. The molecule has 0 saturated carbocycles. The average Bonchev–Trinajstić information content (AvgIpc) is 3.03. The third-order valence-corrected chi connectivity index (χ3v) is 3.77. The predicted octanol–water partition coefficient (Wildman–Crippen LogP) is 2.45. The maximum Gasteiger partial charge on any atom is 0.278 e. The fourth-order valence-electron chi connectivity index (χ4n) is 2.38. The van der Waals surface area contributed by atoms with Crippen LogP contribution in [-0.2, 0) is 13.6 Å². The molecule has 0 saturated heterocycles. The first kappa shape index (κ1) is 15.3. The number of rotatable bonds is 3. The van der Waals surface area contributed by atoms with E-state index in [0.29, 0.717) is 21.7 Å². The number of carbonyl (C=O) groups is 1. The molecular formula is C16H14ClN3O3. The van der Waals surface area contributed by atoms with Crippen LogP contribution in [0.15, 0.2) is 45.8 Å². The number of furan rings is 1. The van der Waals surface area contributed by atoms with Crippen molar-refractivity contribution in [3.63, 3.8) is 0 Å². The summed E-state index contributed by atoms with van der Waals surface area (Å²) in [5.74, 6) is 0.158. The van der Waals surface area contributed by atoms with E-state index in [0.717, 1.165) is 0 Å². The predicted molar refractivity (Wildman–Crippen MR) is 86.5 cm³/mol. The Morgan fingerprint density at radius 3 is 2.87 bits per heavy atom. The van der Waals surface area contributed by atoms with Crippen LogP contribution >= 0.6 is 11.6 Å². The molecule has 3 aromatic rings. The standard InChI is InChI=1S/C16H14ClN3O3/c1-19(9-11-4-3-7-23-11)16(22)14-15(21)12-8-10(17)5-6-13(12)20(2)18-14/h3-8H,9H2,1-2H3. The zero-order valence-electron chi connectivity index (χ0n) is 12.6. The Kier molecular flexibility index (Phi) is 3.92. The number of fused-ring (bicyclic) bond motifs is 1. The number of halogens is 1. The van der Waals surface area contributed by atoms with Crippen LogP contribution in [0.2, 0.25) is 5.02 Å². The van der Waals surface area contributed by atoms with Crippen molar-refractivity contribution < 1.29 is 9.21 Å². The summed E-state index contributed by atoms with van der Waals surface area (Å²) in [5.41, 5.74) is 0.0397.